The van der Waals surface area contributed by atoms with Crippen molar-refractivity contribution in [1.29, 1.82) is 0 Å². The highest BCUT2D eigenvalue weighted by molar-refractivity contribution is 6.38. The number of carbonyl (C=O) groups excluding carboxylic acids is 1. The third-order valence-corrected chi connectivity index (χ3v) is 2.46. The van der Waals surface area contributed by atoms with Crippen molar-refractivity contribution < 1.29 is 14.2 Å². The van der Waals surface area contributed by atoms with Crippen LogP contribution < -0.4 is 0 Å². The minimum absolute atomic E-state index is 0.177. The number of hydrogen-bond donors (Lipinski definition) is 0. The zero-order valence-electron chi connectivity index (χ0n) is 12.9. The van der Waals surface area contributed by atoms with Gasteiger partial charge in [0.1, 0.15) is 5.60 Å². The monoisotopic (exact) mass is 266 g/mol. The van der Waals surface area contributed by atoms with Gasteiger partial charge in [0, 0.05) is 18.7 Å². The van der Waals surface area contributed by atoms with E-state index in [1.807, 2.05) is 47.6 Å². The summed E-state index contributed by atoms with van der Waals surface area (Å²) in [7, 11) is 1.80. The lowest BCUT2D eigenvalue weighted by atomic mass is 9.82. The largest absolute Gasteiger partial charge is 0.444 e. The summed E-state index contributed by atoms with van der Waals surface area (Å²) in [5.74, 6) is 0. The van der Waals surface area contributed by atoms with Gasteiger partial charge in [0.05, 0.1) is 0 Å². The number of nitrogens with zero attached hydrogens (tertiary/aromatic N) is 1. The number of carbonyl (C=O) groups is 1. The second-order valence-corrected chi connectivity index (χ2v) is 6.80. The first-order valence-corrected chi connectivity index (χ1v) is 6.75. The first-order chi connectivity index (χ1) is 8.57. The predicted molar refractivity (Wildman–Crippen MR) is 77.1 cm³/mol. The van der Waals surface area contributed by atoms with Crippen LogP contribution in [-0.4, -0.2) is 42.8 Å². The van der Waals surface area contributed by atoms with Gasteiger partial charge in [0.25, 0.3) is 0 Å². The van der Waals surface area contributed by atoms with E-state index in [1.54, 1.807) is 12.4 Å². The molecular formula is C14H25BNO3. The van der Waals surface area contributed by atoms with Crippen molar-refractivity contribution in [1.82, 2.24) is 4.90 Å². The fourth-order valence-electron chi connectivity index (χ4n) is 1.54. The molecule has 1 aliphatic rings. The second kappa shape index (κ2) is 5.99. The van der Waals surface area contributed by atoms with Gasteiger partial charge < -0.3 is 14.3 Å². The third kappa shape index (κ3) is 6.67. The summed E-state index contributed by atoms with van der Waals surface area (Å²) in [5.41, 5.74) is 0.515. The van der Waals surface area contributed by atoms with E-state index in [1.165, 1.54) is 0 Å². The van der Waals surface area contributed by atoms with E-state index in [0.717, 1.165) is 11.9 Å². The van der Waals surface area contributed by atoms with Crippen LogP contribution in [0, 0.1) is 0 Å². The summed E-state index contributed by atoms with van der Waals surface area (Å²) in [6.45, 7) is 12.9. The molecule has 0 spiro atoms. The Morgan fingerprint density at radius 2 is 1.84 bits per heavy atom. The number of amides is 1. The molecule has 0 fully saturated rings. The molecule has 1 aliphatic heterocycles. The van der Waals surface area contributed by atoms with Gasteiger partial charge >= 0.3 is 13.6 Å². The predicted octanol–water partition coefficient (Wildman–Crippen LogP) is 2.95. The van der Waals surface area contributed by atoms with Crippen molar-refractivity contribution in [3.05, 3.63) is 11.5 Å². The maximum absolute atomic E-state index is 11.9. The highest BCUT2D eigenvalue weighted by Gasteiger charge is 2.24. The van der Waals surface area contributed by atoms with Gasteiger partial charge in [0.15, 0.2) is 0 Å². The van der Waals surface area contributed by atoms with Crippen molar-refractivity contribution in [2.75, 3.05) is 13.1 Å². The molecule has 107 valence electrons. The minimum atomic E-state index is -0.442. The van der Waals surface area contributed by atoms with Gasteiger partial charge in [-0.25, -0.2) is 4.79 Å². The molecule has 1 rings (SSSR count). The Kier molecular flexibility index (Phi) is 5.08. The molecule has 1 heterocycles. The van der Waals surface area contributed by atoms with Crippen molar-refractivity contribution in [3.8, 4) is 0 Å². The fourth-order valence-corrected chi connectivity index (χ4v) is 1.54. The Bertz CT molecular complexity index is 353. The van der Waals surface area contributed by atoms with Crippen LogP contribution in [0.15, 0.2) is 11.5 Å². The Morgan fingerprint density at radius 1 is 1.21 bits per heavy atom. The van der Waals surface area contributed by atoms with Gasteiger partial charge in [-0.15, -0.1) is 0 Å². The smallest absolute Gasteiger partial charge is 0.410 e. The highest BCUT2D eigenvalue weighted by atomic mass is 16.6. The first-order valence-electron chi connectivity index (χ1n) is 6.75. The molecule has 0 N–H and O–H groups in total. The maximum atomic E-state index is 11.9. The third-order valence-electron chi connectivity index (χ3n) is 2.46. The van der Waals surface area contributed by atoms with Gasteiger partial charge in [-0.2, -0.15) is 0 Å². The van der Waals surface area contributed by atoms with Gasteiger partial charge in [0.2, 0.25) is 0 Å². The Balaban J connectivity index is 2.43. The molecule has 0 aromatic rings. The molecular weight excluding hydrogens is 241 g/mol. The Labute approximate surface area is 117 Å². The van der Waals surface area contributed by atoms with Crippen LogP contribution in [0.3, 0.4) is 0 Å². The van der Waals surface area contributed by atoms with E-state index in [2.05, 4.69) is 0 Å². The molecule has 0 atom stereocenters. The van der Waals surface area contributed by atoms with Gasteiger partial charge in [-0.05, 0) is 48.0 Å². The average Bonchev–Trinajstić information content (AvgIpc) is 2.23. The molecule has 0 unspecified atom stereocenters. The summed E-state index contributed by atoms with van der Waals surface area (Å²) in [5, 5.41) is 0. The summed E-state index contributed by atoms with van der Waals surface area (Å²) < 4.78 is 11.0. The molecule has 1 amide bonds. The molecule has 0 saturated heterocycles. The summed E-state index contributed by atoms with van der Waals surface area (Å²) in [6, 6.07) is 0. The lowest BCUT2D eigenvalue weighted by Gasteiger charge is -2.30. The van der Waals surface area contributed by atoms with Crippen LogP contribution in [0.5, 0.6) is 0 Å². The SMILES string of the molecule is CC(C)(C)O[B]C1=CCN(C(=O)OC(C)(C)C)CC1. The number of ether oxygens (including phenoxy) is 1. The molecule has 1 radical (unpaired) electrons. The standard InChI is InChI=1S/C14H25BNO3/c1-13(2,3)18-12(17)16-9-7-11(8-10-16)15-19-14(4,5)6/h7H,8-10H2,1-6H3. The van der Waals surface area contributed by atoms with Gasteiger partial charge in [-0.1, -0.05) is 11.5 Å². The van der Waals surface area contributed by atoms with Crippen LogP contribution >= 0.6 is 0 Å². The Morgan fingerprint density at radius 3 is 2.26 bits per heavy atom. The zero-order valence-corrected chi connectivity index (χ0v) is 12.9. The molecule has 5 heteroatoms. The van der Waals surface area contributed by atoms with Gasteiger partial charge in [-0.3, -0.25) is 0 Å². The average molecular weight is 266 g/mol. The van der Waals surface area contributed by atoms with Crippen LogP contribution in [0.4, 0.5) is 4.79 Å². The van der Waals surface area contributed by atoms with E-state index in [4.69, 9.17) is 9.39 Å². The normalized spacial score (nSPS) is 16.9. The lowest BCUT2D eigenvalue weighted by Crippen LogP contribution is -2.40. The molecule has 19 heavy (non-hydrogen) atoms. The van der Waals surface area contributed by atoms with Crippen LogP contribution in [-0.2, 0) is 9.39 Å². The molecule has 4 nitrogen and oxygen atoms in total. The minimum Gasteiger partial charge on any atom is -0.444 e. The summed E-state index contributed by atoms with van der Waals surface area (Å²) >= 11 is 0. The number of hydrogen-bond acceptors (Lipinski definition) is 3. The van der Waals surface area contributed by atoms with E-state index >= 15 is 0 Å². The van der Waals surface area contributed by atoms with E-state index in [-0.39, 0.29) is 11.7 Å². The van der Waals surface area contributed by atoms with Crippen molar-refractivity contribution in [2.24, 2.45) is 0 Å². The van der Waals surface area contributed by atoms with Crippen LogP contribution in [0.25, 0.3) is 0 Å². The molecule has 0 saturated carbocycles. The number of rotatable bonds is 2. The molecule has 0 bridgehead atoms. The quantitative estimate of drug-likeness (QED) is 0.721. The van der Waals surface area contributed by atoms with Crippen molar-refractivity contribution in [3.63, 3.8) is 0 Å². The highest BCUT2D eigenvalue weighted by Crippen LogP contribution is 2.16. The molecule has 0 aliphatic carbocycles. The van der Waals surface area contributed by atoms with Crippen molar-refractivity contribution >= 4 is 13.6 Å². The maximum Gasteiger partial charge on any atom is 0.410 e. The van der Waals surface area contributed by atoms with Crippen LogP contribution in [0.1, 0.15) is 48.0 Å². The topological polar surface area (TPSA) is 38.8 Å². The zero-order chi connectivity index (χ0) is 14.7. The van der Waals surface area contributed by atoms with E-state index < -0.39 is 5.60 Å². The lowest BCUT2D eigenvalue weighted by molar-refractivity contribution is 0.0266. The van der Waals surface area contributed by atoms with Crippen molar-refractivity contribution in [2.45, 2.75) is 59.2 Å². The second-order valence-electron chi connectivity index (χ2n) is 6.80. The Hall–Kier alpha value is -0.965. The summed E-state index contributed by atoms with van der Waals surface area (Å²) in [6.07, 6.45) is 2.56. The summed E-state index contributed by atoms with van der Waals surface area (Å²) in [4.78, 5) is 13.6. The van der Waals surface area contributed by atoms with E-state index in [9.17, 15) is 4.79 Å². The molecule has 0 aromatic heterocycles. The van der Waals surface area contributed by atoms with E-state index in [0.29, 0.717) is 13.1 Å². The molecule has 0 aromatic carbocycles. The fraction of sp³-hybridized carbons (Fsp3) is 0.786. The van der Waals surface area contributed by atoms with Crippen LogP contribution in [0.2, 0.25) is 0 Å². The first kappa shape index (κ1) is 16.1.